The van der Waals surface area contributed by atoms with Gasteiger partial charge in [-0.25, -0.2) is 9.66 Å². The van der Waals surface area contributed by atoms with Gasteiger partial charge < -0.3 is 0 Å². The number of thiophene rings is 1. The highest BCUT2D eigenvalue weighted by Crippen LogP contribution is 2.36. The summed E-state index contributed by atoms with van der Waals surface area (Å²) in [6, 6.07) is 0.573. The summed E-state index contributed by atoms with van der Waals surface area (Å²) in [7, 11) is 0. The Labute approximate surface area is 169 Å². The van der Waals surface area contributed by atoms with Gasteiger partial charge in [-0.05, 0) is 49.7 Å². The van der Waals surface area contributed by atoms with Crippen molar-refractivity contribution in [1.29, 1.82) is 0 Å². The number of nitrogens with one attached hydrogen (secondary N) is 1. The second kappa shape index (κ2) is 6.99. The summed E-state index contributed by atoms with van der Waals surface area (Å²) in [4.78, 5) is 31.0. The number of hydrogen-bond acceptors (Lipinski definition) is 5. The van der Waals surface area contributed by atoms with Crippen LogP contribution in [0.5, 0.6) is 0 Å². The van der Waals surface area contributed by atoms with Gasteiger partial charge in [-0.15, -0.1) is 11.3 Å². The van der Waals surface area contributed by atoms with Gasteiger partial charge in [-0.1, -0.05) is 0 Å². The highest BCUT2D eigenvalue weighted by molar-refractivity contribution is 9.10. The standard InChI is InChI=1S/C16H15BrF3N5O2S/c1-6-5-10-14(28-6)21-9(4)25(15(10)27)23-13(26)8(3)24-7(2)11(17)12(22-24)16(18,19)20/h5,8H,1-4H3,(H,23,26). The number of carbonyl (C=O) groups is 1. The van der Waals surface area contributed by atoms with E-state index in [-0.39, 0.29) is 16.0 Å². The molecule has 28 heavy (non-hydrogen) atoms. The third-order valence-corrected chi connectivity index (χ3v) is 6.06. The van der Waals surface area contributed by atoms with E-state index in [9.17, 15) is 22.8 Å². The summed E-state index contributed by atoms with van der Waals surface area (Å²) in [6.07, 6.45) is -4.66. The van der Waals surface area contributed by atoms with Gasteiger partial charge in [0.25, 0.3) is 11.5 Å². The maximum Gasteiger partial charge on any atom is 0.436 e. The van der Waals surface area contributed by atoms with Crippen molar-refractivity contribution in [2.24, 2.45) is 0 Å². The Morgan fingerprint density at radius 2 is 1.96 bits per heavy atom. The SMILES string of the molecule is Cc1cc2c(=O)n(NC(=O)C(C)n3nc(C(F)(F)F)c(Br)c3C)c(C)nc2s1. The van der Waals surface area contributed by atoms with Crippen molar-refractivity contribution in [3.8, 4) is 0 Å². The zero-order chi connectivity index (χ0) is 21.0. The van der Waals surface area contributed by atoms with E-state index in [0.29, 0.717) is 10.2 Å². The molecule has 0 radical (unpaired) electrons. The second-order valence-electron chi connectivity index (χ2n) is 6.22. The Bertz CT molecular complexity index is 1150. The number of nitrogens with zero attached hydrogens (tertiary/aromatic N) is 4. The molecule has 7 nitrogen and oxygen atoms in total. The molecule has 1 N–H and O–H groups in total. The topological polar surface area (TPSA) is 81.8 Å². The first-order chi connectivity index (χ1) is 12.9. The van der Waals surface area contributed by atoms with Crippen LogP contribution in [0.4, 0.5) is 13.2 Å². The van der Waals surface area contributed by atoms with Crippen molar-refractivity contribution in [3.63, 3.8) is 0 Å². The molecule has 3 aromatic rings. The van der Waals surface area contributed by atoms with Crippen LogP contribution in [-0.2, 0) is 11.0 Å². The molecule has 0 aliphatic carbocycles. The van der Waals surface area contributed by atoms with Crippen molar-refractivity contribution in [1.82, 2.24) is 19.4 Å². The van der Waals surface area contributed by atoms with Crippen molar-refractivity contribution >= 4 is 43.4 Å². The number of halogens is 4. The smallest absolute Gasteiger partial charge is 0.271 e. The van der Waals surface area contributed by atoms with Crippen LogP contribution in [-0.4, -0.2) is 25.3 Å². The quantitative estimate of drug-likeness (QED) is 0.623. The van der Waals surface area contributed by atoms with E-state index in [1.807, 2.05) is 6.92 Å². The zero-order valence-electron chi connectivity index (χ0n) is 15.2. The third kappa shape index (κ3) is 3.46. The fraction of sp³-hybridized carbons (Fsp3) is 0.375. The predicted octanol–water partition coefficient (Wildman–Crippen LogP) is 3.69. The second-order valence-corrected chi connectivity index (χ2v) is 8.25. The first kappa shape index (κ1) is 20.5. The van der Waals surface area contributed by atoms with E-state index < -0.39 is 29.4 Å². The lowest BCUT2D eigenvalue weighted by molar-refractivity contribution is -0.142. The molecular formula is C16H15BrF3N5O2S. The summed E-state index contributed by atoms with van der Waals surface area (Å²) in [5, 5.41) is 3.88. The van der Waals surface area contributed by atoms with Crippen molar-refractivity contribution in [3.05, 3.63) is 43.0 Å². The normalized spacial score (nSPS) is 13.1. The van der Waals surface area contributed by atoms with Crippen LogP contribution in [0.1, 0.15) is 35.1 Å². The first-order valence-corrected chi connectivity index (χ1v) is 9.65. The first-order valence-electron chi connectivity index (χ1n) is 8.04. The minimum atomic E-state index is -4.66. The molecule has 0 aromatic carbocycles. The average Bonchev–Trinajstić information content (AvgIpc) is 3.10. The number of hydrogen-bond donors (Lipinski definition) is 1. The van der Waals surface area contributed by atoms with Crippen LogP contribution < -0.4 is 11.0 Å². The molecule has 0 bridgehead atoms. The largest absolute Gasteiger partial charge is 0.436 e. The molecule has 0 saturated heterocycles. The molecule has 1 amide bonds. The summed E-state index contributed by atoms with van der Waals surface area (Å²) in [5.74, 6) is -0.445. The van der Waals surface area contributed by atoms with E-state index in [0.717, 1.165) is 14.2 Å². The van der Waals surface area contributed by atoms with Crippen LogP contribution in [0, 0.1) is 20.8 Å². The minimum absolute atomic E-state index is 0.140. The molecule has 0 saturated carbocycles. The van der Waals surface area contributed by atoms with Crippen LogP contribution in [0.15, 0.2) is 15.3 Å². The van der Waals surface area contributed by atoms with E-state index in [1.54, 1.807) is 13.0 Å². The number of aromatic nitrogens is 4. The van der Waals surface area contributed by atoms with Gasteiger partial charge in [0.05, 0.1) is 15.6 Å². The van der Waals surface area contributed by atoms with Crippen LogP contribution in [0.3, 0.4) is 0 Å². The molecule has 3 aromatic heterocycles. The maximum absolute atomic E-state index is 13.1. The monoisotopic (exact) mass is 477 g/mol. The van der Waals surface area contributed by atoms with Crippen LogP contribution in [0.25, 0.3) is 10.2 Å². The maximum atomic E-state index is 13.1. The van der Waals surface area contributed by atoms with Gasteiger partial charge in [0.2, 0.25) is 0 Å². The van der Waals surface area contributed by atoms with Gasteiger partial charge in [-0.2, -0.15) is 18.3 Å². The van der Waals surface area contributed by atoms with Crippen LogP contribution in [0.2, 0.25) is 0 Å². The molecule has 3 rings (SSSR count). The molecule has 0 aliphatic heterocycles. The number of carbonyl (C=O) groups excluding carboxylic acids is 1. The van der Waals surface area contributed by atoms with Crippen molar-refractivity contribution in [2.75, 3.05) is 5.43 Å². The van der Waals surface area contributed by atoms with Gasteiger partial charge in [0.1, 0.15) is 16.7 Å². The Morgan fingerprint density at radius 3 is 2.54 bits per heavy atom. The highest BCUT2D eigenvalue weighted by atomic mass is 79.9. The molecule has 12 heteroatoms. The molecule has 150 valence electrons. The lowest BCUT2D eigenvalue weighted by atomic mass is 10.3. The molecular weight excluding hydrogens is 463 g/mol. The van der Waals surface area contributed by atoms with E-state index >= 15 is 0 Å². The van der Waals surface area contributed by atoms with E-state index in [4.69, 9.17) is 0 Å². The zero-order valence-corrected chi connectivity index (χ0v) is 17.6. The number of aryl methyl sites for hydroxylation is 2. The Kier molecular flexibility index (Phi) is 5.13. The number of rotatable bonds is 3. The number of alkyl halides is 3. The number of amides is 1. The Hall–Kier alpha value is -2.21. The summed E-state index contributed by atoms with van der Waals surface area (Å²) < 4.78 is 40.9. The third-order valence-electron chi connectivity index (χ3n) is 4.17. The van der Waals surface area contributed by atoms with Gasteiger partial charge in [0.15, 0.2) is 5.69 Å². The molecule has 0 aliphatic rings. The molecule has 0 fully saturated rings. The van der Waals surface area contributed by atoms with Crippen molar-refractivity contribution < 1.29 is 18.0 Å². The predicted molar refractivity (Wildman–Crippen MR) is 102 cm³/mol. The lowest BCUT2D eigenvalue weighted by Crippen LogP contribution is -2.38. The minimum Gasteiger partial charge on any atom is -0.271 e. The van der Waals surface area contributed by atoms with Gasteiger partial charge in [-0.3, -0.25) is 19.7 Å². The van der Waals surface area contributed by atoms with E-state index in [2.05, 4.69) is 31.4 Å². The Balaban J connectivity index is 1.96. The lowest BCUT2D eigenvalue weighted by Gasteiger charge is -2.16. The fourth-order valence-electron chi connectivity index (χ4n) is 2.71. The average molecular weight is 478 g/mol. The van der Waals surface area contributed by atoms with Crippen LogP contribution >= 0.6 is 27.3 Å². The summed E-state index contributed by atoms with van der Waals surface area (Å²) >= 11 is 4.23. The summed E-state index contributed by atoms with van der Waals surface area (Å²) in [6.45, 7) is 6.19. The van der Waals surface area contributed by atoms with Gasteiger partial charge in [0, 0.05) is 4.88 Å². The molecule has 1 atom stereocenters. The summed E-state index contributed by atoms with van der Waals surface area (Å²) in [5.41, 5.74) is 0.990. The van der Waals surface area contributed by atoms with Gasteiger partial charge >= 0.3 is 6.18 Å². The van der Waals surface area contributed by atoms with Crippen molar-refractivity contribution in [2.45, 2.75) is 39.9 Å². The molecule has 0 spiro atoms. The molecule has 1 unspecified atom stereocenters. The van der Waals surface area contributed by atoms with E-state index in [1.165, 1.54) is 25.2 Å². The fourth-order valence-corrected chi connectivity index (χ4v) is 4.11. The Morgan fingerprint density at radius 1 is 1.32 bits per heavy atom. The highest BCUT2D eigenvalue weighted by Gasteiger charge is 2.39. The number of fused-ring (bicyclic) bond motifs is 1. The molecule has 3 heterocycles.